The first-order valence-corrected chi connectivity index (χ1v) is 15.0. The maximum absolute atomic E-state index is 13.5. The smallest absolute Gasteiger partial charge is 0.338 e. The molecule has 41 heavy (non-hydrogen) atoms. The number of fused-ring (bicyclic) bond motifs is 2. The van der Waals surface area contributed by atoms with Gasteiger partial charge in [-0.25, -0.2) is 4.79 Å². The van der Waals surface area contributed by atoms with Gasteiger partial charge in [0.1, 0.15) is 28.7 Å². The number of aliphatic hydroxyl groups excluding tert-OH is 1. The average Bonchev–Trinajstić information content (AvgIpc) is 3.33. The monoisotopic (exact) mass is 573 g/mol. The molecular formula is C31H43NO9. The Kier molecular flexibility index (Phi) is 6.06. The number of piperidine rings is 1. The fraction of sp³-hybridized carbons (Fsp3) is 0.774. The van der Waals surface area contributed by atoms with Crippen LogP contribution in [0.5, 0.6) is 5.75 Å². The summed E-state index contributed by atoms with van der Waals surface area (Å²) in [7, 11) is 4.93. The van der Waals surface area contributed by atoms with Crippen molar-refractivity contribution < 1.29 is 44.2 Å². The summed E-state index contributed by atoms with van der Waals surface area (Å²) in [4.78, 5) is 15.7. The van der Waals surface area contributed by atoms with Crippen LogP contribution in [0.15, 0.2) is 24.3 Å². The summed E-state index contributed by atoms with van der Waals surface area (Å²) in [5.41, 5.74) is -6.62. The van der Waals surface area contributed by atoms with E-state index >= 15 is 0 Å². The van der Waals surface area contributed by atoms with Crippen molar-refractivity contribution in [3.05, 3.63) is 29.8 Å². The number of carbonyl (C=O) groups excluding carboxylic acids is 1. The minimum absolute atomic E-state index is 0.0936. The van der Waals surface area contributed by atoms with Gasteiger partial charge in [0.2, 0.25) is 0 Å². The zero-order chi connectivity index (χ0) is 29.2. The summed E-state index contributed by atoms with van der Waals surface area (Å²) in [5.74, 6) is -1.35. The van der Waals surface area contributed by atoms with Crippen LogP contribution in [0.3, 0.4) is 0 Å². The fourth-order valence-electron chi connectivity index (χ4n) is 11.5. The maximum atomic E-state index is 13.5. The second-order valence-corrected chi connectivity index (χ2v) is 13.7. The lowest BCUT2D eigenvalue weighted by molar-refractivity contribution is -0.365. The minimum atomic E-state index is -2.11. The van der Waals surface area contributed by atoms with Gasteiger partial charge in [0.05, 0.1) is 37.5 Å². The van der Waals surface area contributed by atoms with Crippen LogP contribution in [0.1, 0.15) is 49.4 Å². The van der Waals surface area contributed by atoms with E-state index in [2.05, 4.69) is 11.8 Å². The van der Waals surface area contributed by atoms with Crippen LogP contribution >= 0.6 is 0 Å². The predicted octanol–water partition coefficient (Wildman–Crippen LogP) is 0.980. The molecule has 10 heteroatoms. The molecule has 0 amide bonds. The van der Waals surface area contributed by atoms with Crippen LogP contribution < -0.4 is 4.74 Å². The van der Waals surface area contributed by atoms with Crippen LogP contribution in [0.25, 0.3) is 0 Å². The van der Waals surface area contributed by atoms with E-state index in [1.165, 1.54) is 7.11 Å². The highest BCUT2D eigenvalue weighted by Crippen LogP contribution is 2.81. The molecule has 1 aromatic carbocycles. The summed E-state index contributed by atoms with van der Waals surface area (Å²) in [5, 5.41) is 50.1. The Morgan fingerprint density at radius 1 is 1.07 bits per heavy atom. The molecular weight excluding hydrogens is 530 g/mol. The predicted molar refractivity (Wildman–Crippen MR) is 145 cm³/mol. The van der Waals surface area contributed by atoms with Crippen molar-refractivity contribution >= 4 is 5.97 Å². The quantitative estimate of drug-likeness (QED) is 0.349. The zero-order valence-electron chi connectivity index (χ0n) is 24.3. The van der Waals surface area contributed by atoms with Crippen molar-refractivity contribution in [1.29, 1.82) is 0 Å². The number of aliphatic hydroxyl groups is 4. The number of ether oxygens (including phenoxy) is 4. The lowest BCUT2D eigenvalue weighted by Gasteiger charge is -2.72. The molecule has 5 aliphatic carbocycles. The third kappa shape index (κ3) is 3.00. The molecule has 6 aliphatic rings. The highest BCUT2D eigenvalue weighted by molar-refractivity contribution is 5.89. The largest absolute Gasteiger partial charge is 0.497 e. The minimum Gasteiger partial charge on any atom is -0.497 e. The van der Waals surface area contributed by atoms with Crippen molar-refractivity contribution in [3.8, 4) is 5.75 Å². The molecule has 12 atom stereocenters. The average molecular weight is 574 g/mol. The molecule has 1 aromatic rings. The Morgan fingerprint density at radius 3 is 2.44 bits per heavy atom. The van der Waals surface area contributed by atoms with Crippen molar-refractivity contribution in [2.24, 2.45) is 28.6 Å². The molecule has 5 saturated carbocycles. The summed E-state index contributed by atoms with van der Waals surface area (Å²) in [6.07, 6.45) is -0.576. The van der Waals surface area contributed by atoms with Crippen molar-refractivity contribution in [2.45, 2.75) is 80.2 Å². The summed E-state index contributed by atoms with van der Waals surface area (Å²) >= 11 is 0. The molecule has 0 aromatic heterocycles. The van der Waals surface area contributed by atoms with Crippen LogP contribution in [0.4, 0.5) is 0 Å². The number of esters is 1. The van der Waals surface area contributed by atoms with E-state index in [-0.39, 0.29) is 35.8 Å². The topological polar surface area (TPSA) is 138 Å². The van der Waals surface area contributed by atoms with Gasteiger partial charge in [0.15, 0.2) is 0 Å². The third-order valence-electron chi connectivity index (χ3n) is 12.7. The molecule has 4 N–H and O–H groups in total. The standard InChI is InChI=1S/C31H43NO9/c1-5-32-15-27(16-38-2)11-10-23(40-4)30-21-12-19-20(33)13-29(36,28(35,26(30)32)14-22(27)30)31(21,37)24(19)41-25(34)17-6-8-18(39-3)9-7-17/h6-9,19-24,26,33,35-37H,5,10-16H2,1-4H3/t19-,20+,21+,22-,23+,24+,26-,27+,28-,29+,30-,31+/m1/s1. The highest BCUT2D eigenvalue weighted by Gasteiger charge is 2.93. The molecule has 226 valence electrons. The van der Waals surface area contributed by atoms with Crippen molar-refractivity contribution in [2.75, 3.05) is 41.0 Å². The second-order valence-electron chi connectivity index (χ2n) is 13.7. The van der Waals surface area contributed by atoms with Gasteiger partial charge in [0.25, 0.3) is 0 Å². The molecule has 0 unspecified atom stereocenters. The van der Waals surface area contributed by atoms with Gasteiger partial charge >= 0.3 is 5.97 Å². The molecule has 1 saturated heterocycles. The Hall–Kier alpha value is -1.79. The number of rotatable bonds is 7. The van der Waals surface area contributed by atoms with E-state index in [1.807, 2.05) is 0 Å². The number of likely N-dealkylation sites (tertiary alicyclic amines) is 1. The van der Waals surface area contributed by atoms with Crippen LogP contribution in [-0.4, -0.2) is 113 Å². The van der Waals surface area contributed by atoms with Crippen LogP contribution in [0, 0.1) is 28.6 Å². The number of hydrogen-bond acceptors (Lipinski definition) is 10. The molecule has 6 fully saturated rings. The number of carbonyl (C=O) groups is 1. The molecule has 7 rings (SSSR count). The van der Waals surface area contributed by atoms with Gasteiger partial charge in [-0.3, -0.25) is 4.90 Å². The summed E-state index contributed by atoms with van der Waals surface area (Å²) in [6, 6.07) is 5.99. The molecule has 0 radical (unpaired) electrons. The Balaban J connectivity index is 1.40. The molecule has 1 heterocycles. The SMILES string of the molecule is CCN1C[C@]2(COC)CC[C@H](OC)[C@@]34[C@@H]2C[C@@](O)([C@@H]13)[C@@]1(O)C[C@H](O)[C@H]2C[C@@H]4[C@]1(O)[C@H]2OC(=O)c1ccc(OC)cc1. The number of nitrogens with zero attached hydrogens (tertiary/aromatic N) is 1. The number of benzene rings is 1. The number of hydrogen-bond donors (Lipinski definition) is 4. The molecule has 1 spiro atoms. The van der Waals surface area contributed by atoms with Gasteiger partial charge in [0, 0.05) is 49.9 Å². The first kappa shape index (κ1) is 28.0. The van der Waals surface area contributed by atoms with E-state index in [4.69, 9.17) is 18.9 Å². The Labute approximate surface area is 240 Å². The van der Waals surface area contributed by atoms with E-state index in [0.717, 1.165) is 19.4 Å². The van der Waals surface area contributed by atoms with Crippen molar-refractivity contribution in [3.63, 3.8) is 0 Å². The van der Waals surface area contributed by atoms with Gasteiger partial charge in [-0.15, -0.1) is 0 Å². The van der Waals surface area contributed by atoms with Crippen LogP contribution in [-0.2, 0) is 14.2 Å². The van der Waals surface area contributed by atoms with Crippen molar-refractivity contribution in [1.82, 2.24) is 4.90 Å². The van der Waals surface area contributed by atoms with Gasteiger partial charge in [-0.1, -0.05) is 6.92 Å². The zero-order valence-corrected chi connectivity index (χ0v) is 24.3. The van der Waals surface area contributed by atoms with Crippen LogP contribution in [0.2, 0.25) is 0 Å². The lowest BCUT2D eigenvalue weighted by atomic mass is 9.41. The molecule has 1 aliphatic heterocycles. The molecule has 10 nitrogen and oxygen atoms in total. The first-order chi connectivity index (χ1) is 19.5. The molecule has 7 bridgehead atoms. The van der Waals surface area contributed by atoms with E-state index in [1.54, 1.807) is 38.5 Å². The Bertz CT molecular complexity index is 1230. The lowest BCUT2D eigenvalue weighted by Crippen LogP contribution is -2.87. The van der Waals surface area contributed by atoms with Gasteiger partial charge in [-0.05, 0) is 62.4 Å². The van der Waals surface area contributed by atoms with E-state index in [9.17, 15) is 25.2 Å². The highest BCUT2D eigenvalue weighted by atomic mass is 16.6. The van der Waals surface area contributed by atoms with Gasteiger partial charge in [-0.2, -0.15) is 0 Å². The number of methoxy groups -OCH3 is 3. The Morgan fingerprint density at radius 2 is 1.80 bits per heavy atom. The van der Waals surface area contributed by atoms with E-state index in [0.29, 0.717) is 25.3 Å². The normalized spacial score (nSPS) is 51.0. The number of likely N-dealkylation sites (N-methyl/N-ethyl adjacent to an activating group) is 1. The summed E-state index contributed by atoms with van der Waals surface area (Å²) < 4.78 is 23.4. The first-order valence-electron chi connectivity index (χ1n) is 15.0. The summed E-state index contributed by atoms with van der Waals surface area (Å²) in [6.45, 7) is 3.92. The fourth-order valence-corrected chi connectivity index (χ4v) is 11.5. The second kappa shape index (κ2) is 8.87. The maximum Gasteiger partial charge on any atom is 0.338 e. The van der Waals surface area contributed by atoms with E-state index < -0.39 is 58.3 Å². The van der Waals surface area contributed by atoms with Gasteiger partial charge < -0.3 is 39.4 Å². The third-order valence-corrected chi connectivity index (χ3v) is 12.7.